The van der Waals surface area contributed by atoms with E-state index in [9.17, 15) is 18.4 Å². The van der Waals surface area contributed by atoms with Crippen molar-refractivity contribution in [3.05, 3.63) is 12.2 Å². The van der Waals surface area contributed by atoms with Crippen LogP contribution in [0.3, 0.4) is 0 Å². The highest BCUT2D eigenvalue weighted by Gasteiger charge is 2.37. The van der Waals surface area contributed by atoms with Crippen LogP contribution in [0.25, 0.3) is 0 Å². The number of carbonyl (C=O) groups excluding carboxylic acids is 2. The molecule has 0 saturated carbocycles. The van der Waals surface area contributed by atoms with Crippen LogP contribution in [0, 0.1) is 11.8 Å². The van der Waals surface area contributed by atoms with Gasteiger partial charge in [-0.05, 0) is 24.8 Å². The maximum absolute atomic E-state index is 13.4. The van der Waals surface area contributed by atoms with Crippen LogP contribution in [0.2, 0.25) is 0 Å². The van der Waals surface area contributed by atoms with Gasteiger partial charge in [0, 0.05) is 18.8 Å². The second-order valence-corrected chi connectivity index (χ2v) is 4.98. The molecule has 102 valence electrons. The third-order valence-corrected chi connectivity index (χ3v) is 3.56. The van der Waals surface area contributed by atoms with Crippen molar-refractivity contribution in [2.24, 2.45) is 11.8 Å². The number of unbranched alkanes of at least 4 members (excludes halogenated alkanes) is 1. The average Bonchev–Trinajstić information content (AvgIpc) is 2.64. The lowest BCUT2D eigenvalue weighted by Crippen LogP contribution is -2.29. The Labute approximate surface area is 106 Å². The van der Waals surface area contributed by atoms with Gasteiger partial charge in [0.1, 0.15) is 0 Å². The zero-order chi connectivity index (χ0) is 13.8. The van der Waals surface area contributed by atoms with Crippen LogP contribution in [-0.2, 0) is 9.59 Å². The molecule has 0 N–H and O–H groups in total. The number of alkyl halides is 2. The monoisotopic (exact) mass is 258 g/mol. The van der Waals surface area contributed by atoms with Gasteiger partial charge in [-0.1, -0.05) is 26.3 Å². The predicted molar refractivity (Wildman–Crippen MR) is 65.5 cm³/mol. The molecule has 0 heterocycles. The molecule has 1 unspecified atom stereocenters. The van der Waals surface area contributed by atoms with Gasteiger partial charge in [-0.25, -0.2) is 0 Å². The van der Waals surface area contributed by atoms with Crippen molar-refractivity contribution >= 4 is 11.6 Å². The van der Waals surface area contributed by atoms with Crippen LogP contribution >= 0.6 is 0 Å². The number of allylic oxidation sites excluding steroid dienone is 2. The van der Waals surface area contributed by atoms with E-state index >= 15 is 0 Å². The summed E-state index contributed by atoms with van der Waals surface area (Å²) in [6, 6.07) is 0. The van der Waals surface area contributed by atoms with Crippen molar-refractivity contribution < 1.29 is 18.4 Å². The number of ketones is 2. The zero-order valence-electron chi connectivity index (χ0n) is 10.9. The number of halogens is 2. The van der Waals surface area contributed by atoms with Crippen molar-refractivity contribution in [1.29, 1.82) is 0 Å². The summed E-state index contributed by atoms with van der Waals surface area (Å²) in [5.74, 6) is -4.42. The van der Waals surface area contributed by atoms with E-state index in [0.717, 1.165) is 0 Å². The van der Waals surface area contributed by atoms with Crippen molar-refractivity contribution in [3.63, 3.8) is 0 Å². The third kappa shape index (κ3) is 3.72. The van der Waals surface area contributed by atoms with Crippen LogP contribution in [-0.4, -0.2) is 17.5 Å². The molecule has 0 fully saturated rings. The zero-order valence-corrected chi connectivity index (χ0v) is 10.9. The predicted octanol–water partition coefficient (Wildman–Crippen LogP) is 3.55. The van der Waals surface area contributed by atoms with Crippen LogP contribution in [0.15, 0.2) is 12.2 Å². The molecule has 0 saturated heterocycles. The van der Waals surface area contributed by atoms with E-state index in [2.05, 4.69) is 0 Å². The Kier molecular flexibility index (Phi) is 5.17. The smallest absolute Gasteiger partial charge is 0.295 e. The van der Waals surface area contributed by atoms with Crippen molar-refractivity contribution in [1.82, 2.24) is 0 Å². The summed E-state index contributed by atoms with van der Waals surface area (Å²) in [6.45, 7) is 3.59. The molecule has 0 amide bonds. The first-order valence-electron chi connectivity index (χ1n) is 6.51. The molecule has 1 aliphatic carbocycles. The largest absolute Gasteiger partial charge is 0.305 e. The summed E-state index contributed by atoms with van der Waals surface area (Å²) in [5, 5.41) is 0. The van der Waals surface area contributed by atoms with E-state index in [1.165, 1.54) is 6.08 Å². The SMILES string of the molecule is CCCCC(F)(F)C(=O)CCC1C=CC(=O)[C@@H]1C. The molecule has 1 aliphatic rings. The van der Waals surface area contributed by atoms with Crippen molar-refractivity contribution in [2.75, 3.05) is 0 Å². The Morgan fingerprint density at radius 2 is 2.11 bits per heavy atom. The van der Waals surface area contributed by atoms with Crippen LogP contribution in [0.5, 0.6) is 0 Å². The first-order chi connectivity index (χ1) is 8.38. The molecule has 18 heavy (non-hydrogen) atoms. The topological polar surface area (TPSA) is 34.1 Å². The van der Waals surface area contributed by atoms with Crippen molar-refractivity contribution in [2.45, 2.75) is 51.9 Å². The lowest BCUT2D eigenvalue weighted by atomic mass is 9.90. The van der Waals surface area contributed by atoms with Crippen molar-refractivity contribution in [3.8, 4) is 0 Å². The highest BCUT2D eigenvalue weighted by molar-refractivity contribution is 5.94. The summed E-state index contributed by atoms with van der Waals surface area (Å²) in [5.41, 5.74) is 0. The average molecular weight is 258 g/mol. The summed E-state index contributed by atoms with van der Waals surface area (Å²) in [6.07, 6.45) is 4.04. The first-order valence-corrected chi connectivity index (χ1v) is 6.51. The fourth-order valence-electron chi connectivity index (χ4n) is 2.11. The minimum atomic E-state index is -3.20. The van der Waals surface area contributed by atoms with Gasteiger partial charge in [0.2, 0.25) is 5.78 Å². The van der Waals surface area contributed by atoms with E-state index in [4.69, 9.17) is 0 Å². The maximum atomic E-state index is 13.4. The molecule has 0 bridgehead atoms. The lowest BCUT2D eigenvalue weighted by molar-refractivity contribution is -0.144. The molecule has 4 heteroatoms. The van der Waals surface area contributed by atoms with Gasteiger partial charge >= 0.3 is 5.92 Å². The van der Waals surface area contributed by atoms with Gasteiger partial charge in [-0.15, -0.1) is 0 Å². The number of carbonyl (C=O) groups is 2. The Morgan fingerprint density at radius 3 is 2.61 bits per heavy atom. The molecular formula is C14H20F2O2. The maximum Gasteiger partial charge on any atom is 0.305 e. The standard InChI is InChI=1S/C14H20F2O2/c1-3-4-9-14(15,16)13(18)8-6-11-5-7-12(17)10(11)2/h5,7,10-11H,3-4,6,8-9H2,1-2H3/t10-,11?/m1/s1. The number of Topliss-reactive ketones (excluding diaryl/α,β-unsaturated/α-hetero) is 1. The second-order valence-electron chi connectivity index (χ2n) is 4.98. The van der Waals surface area contributed by atoms with Gasteiger partial charge in [-0.3, -0.25) is 9.59 Å². The van der Waals surface area contributed by atoms with Gasteiger partial charge in [0.25, 0.3) is 0 Å². The van der Waals surface area contributed by atoms with E-state index in [0.29, 0.717) is 19.3 Å². The molecule has 2 atom stereocenters. The van der Waals surface area contributed by atoms with Gasteiger partial charge in [-0.2, -0.15) is 8.78 Å². The van der Waals surface area contributed by atoms with E-state index in [1.54, 1.807) is 13.0 Å². The highest BCUT2D eigenvalue weighted by Crippen LogP contribution is 2.29. The minimum Gasteiger partial charge on any atom is -0.295 e. The molecule has 2 nitrogen and oxygen atoms in total. The summed E-state index contributed by atoms with van der Waals surface area (Å²) in [7, 11) is 0. The van der Waals surface area contributed by atoms with Crippen LogP contribution < -0.4 is 0 Å². The Morgan fingerprint density at radius 1 is 1.44 bits per heavy atom. The van der Waals surface area contributed by atoms with Crippen LogP contribution in [0.1, 0.15) is 46.0 Å². The third-order valence-electron chi connectivity index (χ3n) is 3.56. The summed E-state index contributed by atoms with van der Waals surface area (Å²) >= 11 is 0. The molecule has 0 aromatic carbocycles. The minimum absolute atomic E-state index is 0.0187. The summed E-state index contributed by atoms with van der Waals surface area (Å²) in [4.78, 5) is 22.7. The second kappa shape index (κ2) is 6.21. The van der Waals surface area contributed by atoms with Gasteiger partial charge in [0.05, 0.1) is 0 Å². The molecule has 0 aromatic rings. The first kappa shape index (κ1) is 15.0. The molecule has 0 aliphatic heterocycles. The lowest BCUT2D eigenvalue weighted by Gasteiger charge is -2.17. The Bertz CT molecular complexity index is 348. The fourth-order valence-corrected chi connectivity index (χ4v) is 2.11. The highest BCUT2D eigenvalue weighted by atomic mass is 19.3. The number of hydrogen-bond donors (Lipinski definition) is 0. The Balaban J connectivity index is 2.41. The van der Waals surface area contributed by atoms with Crippen LogP contribution in [0.4, 0.5) is 8.78 Å². The van der Waals surface area contributed by atoms with E-state index in [-0.39, 0.29) is 30.5 Å². The molecule has 0 radical (unpaired) electrons. The number of hydrogen-bond acceptors (Lipinski definition) is 2. The Hall–Kier alpha value is -1.06. The fraction of sp³-hybridized carbons (Fsp3) is 0.714. The molecular weight excluding hydrogens is 238 g/mol. The van der Waals surface area contributed by atoms with Gasteiger partial charge < -0.3 is 0 Å². The van der Waals surface area contributed by atoms with E-state index < -0.39 is 11.7 Å². The molecule has 1 rings (SSSR count). The quantitative estimate of drug-likeness (QED) is 0.699. The molecule has 0 aromatic heterocycles. The number of rotatable bonds is 7. The molecule has 0 spiro atoms. The van der Waals surface area contributed by atoms with Gasteiger partial charge in [0.15, 0.2) is 5.78 Å². The normalized spacial score (nSPS) is 23.7. The van der Waals surface area contributed by atoms with E-state index in [1.807, 2.05) is 6.92 Å². The summed E-state index contributed by atoms with van der Waals surface area (Å²) < 4.78 is 26.8.